The number of ether oxygens (including phenoxy) is 5. The van der Waals surface area contributed by atoms with Crippen molar-refractivity contribution in [1.29, 1.82) is 0 Å². The van der Waals surface area contributed by atoms with E-state index in [2.05, 4.69) is 19.1 Å². The first-order chi connectivity index (χ1) is 19.0. The molecular weight excluding hydrogens is 503 g/mol. The van der Waals surface area contributed by atoms with E-state index in [1.165, 1.54) is 7.11 Å². The van der Waals surface area contributed by atoms with Gasteiger partial charge in [0.25, 0.3) is 0 Å². The first-order valence-corrected chi connectivity index (χ1v) is 15.3. The smallest absolute Gasteiger partial charge is 0.305 e. The van der Waals surface area contributed by atoms with Gasteiger partial charge in [-0.15, -0.1) is 0 Å². The van der Waals surface area contributed by atoms with Crippen molar-refractivity contribution in [3.05, 3.63) is 24.3 Å². The number of rotatable bonds is 16. The molecular formula is C31H51FO7. The summed E-state index contributed by atoms with van der Waals surface area (Å²) in [6.07, 6.45) is 15.8. The molecule has 0 spiro atoms. The Morgan fingerprint density at radius 3 is 2.49 bits per heavy atom. The van der Waals surface area contributed by atoms with E-state index in [0.29, 0.717) is 38.9 Å². The Balaban J connectivity index is 1.69. The summed E-state index contributed by atoms with van der Waals surface area (Å²) in [6.45, 7) is 3.40. The molecule has 0 amide bonds. The van der Waals surface area contributed by atoms with Crippen LogP contribution in [0.3, 0.4) is 0 Å². The summed E-state index contributed by atoms with van der Waals surface area (Å²) >= 11 is 0. The molecule has 7 nitrogen and oxygen atoms in total. The number of alkyl halides is 1. The maximum absolute atomic E-state index is 15.4. The normalized spacial score (nSPS) is 31.6. The van der Waals surface area contributed by atoms with E-state index in [-0.39, 0.29) is 36.5 Å². The summed E-state index contributed by atoms with van der Waals surface area (Å²) < 4.78 is 44.2. The molecule has 0 radical (unpaired) electrons. The van der Waals surface area contributed by atoms with Gasteiger partial charge < -0.3 is 28.8 Å². The van der Waals surface area contributed by atoms with Crippen LogP contribution >= 0.6 is 0 Å². The topological polar surface area (TPSA) is 83.5 Å². The molecule has 3 rings (SSSR count). The number of allylic oxidation sites excluding steroid dienone is 2. The van der Waals surface area contributed by atoms with Gasteiger partial charge >= 0.3 is 5.97 Å². The number of hydrogen-bond acceptors (Lipinski definition) is 7. The molecule has 2 aliphatic heterocycles. The zero-order chi connectivity index (χ0) is 27.9. The van der Waals surface area contributed by atoms with E-state index in [4.69, 9.17) is 23.7 Å². The molecule has 2 saturated heterocycles. The third-order valence-electron chi connectivity index (χ3n) is 8.07. The molecule has 3 unspecified atom stereocenters. The minimum absolute atomic E-state index is 0.0630. The number of carbonyl (C=O) groups is 1. The Morgan fingerprint density at radius 2 is 1.82 bits per heavy atom. The summed E-state index contributed by atoms with van der Waals surface area (Å²) in [5, 5.41) is 11.0. The van der Waals surface area contributed by atoms with Gasteiger partial charge in [-0.25, -0.2) is 4.39 Å². The predicted octanol–water partition coefficient (Wildman–Crippen LogP) is 6.18. The molecule has 39 heavy (non-hydrogen) atoms. The van der Waals surface area contributed by atoms with Gasteiger partial charge in [-0.3, -0.25) is 4.79 Å². The fourth-order valence-corrected chi connectivity index (χ4v) is 5.73. The van der Waals surface area contributed by atoms with E-state index >= 15 is 4.39 Å². The number of methoxy groups -OCH3 is 1. The zero-order valence-corrected chi connectivity index (χ0v) is 24.0. The Labute approximate surface area is 234 Å². The molecule has 3 aliphatic rings. The molecule has 224 valence electrons. The number of unbranched alkanes of at least 4 members (excludes halogenated alkanes) is 2. The van der Waals surface area contributed by atoms with E-state index in [9.17, 15) is 9.90 Å². The van der Waals surface area contributed by atoms with Gasteiger partial charge in [0.1, 0.15) is 12.3 Å². The highest BCUT2D eigenvalue weighted by atomic mass is 19.1. The van der Waals surface area contributed by atoms with Gasteiger partial charge in [0.2, 0.25) is 0 Å². The van der Waals surface area contributed by atoms with Crippen LogP contribution in [0.5, 0.6) is 0 Å². The SMILES string of the molecule is CCCCC(F)[C@@H](/C=C/[C@@H]1[C@@H](C/C=C\CCCC(=O)OC)[C@@H](O)C[C@H]1OC1CCCCO1)OC1CCCCO1. The molecule has 0 aromatic carbocycles. The van der Waals surface area contributed by atoms with Crippen molar-refractivity contribution < 1.29 is 38.0 Å². The van der Waals surface area contributed by atoms with Crippen molar-refractivity contribution in [2.45, 2.75) is 134 Å². The molecule has 0 aromatic heterocycles. The average Bonchev–Trinajstić information content (AvgIpc) is 3.25. The van der Waals surface area contributed by atoms with Crippen molar-refractivity contribution >= 4 is 5.97 Å². The molecule has 2 heterocycles. The van der Waals surface area contributed by atoms with Crippen LogP contribution in [0.1, 0.15) is 96.8 Å². The van der Waals surface area contributed by atoms with Gasteiger partial charge in [-0.05, 0) is 70.1 Å². The Kier molecular flexibility index (Phi) is 15.0. The van der Waals surface area contributed by atoms with Crippen molar-refractivity contribution in [3.8, 4) is 0 Å². The van der Waals surface area contributed by atoms with Crippen LogP contribution in [0, 0.1) is 11.8 Å². The number of carbonyl (C=O) groups excluding carboxylic acids is 1. The van der Waals surface area contributed by atoms with Crippen LogP contribution in [0.4, 0.5) is 4.39 Å². The molecule has 3 fully saturated rings. The summed E-state index contributed by atoms with van der Waals surface area (Å²) in [6, 6.07) is 0. The van der Waals surface area contributed by atoms with Crippen LogP contribution in [-0.4, -0.2) is 68.5 Å². The first kappa shape index (κ1) is 32.2. The highest BCUT2D eigenvalue weighted by molar-refractivity contribution is 5.69. The fourth-order valence-electron chi connectivity index (χ4n) is 5.73. The third kappa shape index (κ3) is 11.2. The summed E-state index contributed by atoms with van der Waals surface area (Å²) in [5.74, 6) is -0.362. The van der Waals surface area contributed by atoms with Crippen LogP contribution in [0.15, 0.2) is 24.3 Å². The average molecular weight is 555 g/mol. The highest BCUT2D eigenvalue weighted by Gasteiger charge is 2.42. The zero-order valence-electron chi connectivity index (χ0n) is 24.0. The van der Waals surface area contributed by atoms with Crippen LogP contribution < -0.4 is 0 Å². The summed E-state index contributed by atoms with van der Waals surface area (Å²) in [7, 11) is 1.40. The molecule has 0 bridgehead atoms. The second-order valence-electron chi connectivity index (χ2n) is 11.1. The predicted molar refractivity (Wildman–Crippen MR) is 148 cm³/mol. The molecule has 8 atom stereocenters. The Bertz CT molecular complexity index is 732. The van der Waals surface area contributed by atoms with Crippen LogP contribution in [0.2, 0.25) is 0 Å². The minimum Gasteiger partial charge on any atom is -0.469 e. The van der Waals surface area contributed by atoms with Gasteiger partial charge in [0.05, 0.1) is 19.3 Å². The van der Waals surface area contributed by atoms with Crippen molar-refractivity contribution in [3.63, 3.8) is 0 Å². The van der Waals surface area contributed by atoms with Crippen molar-refractivity contribution in [2.75, 3.05) is 20.3 Å². The number of aliphatic hydroxyl groups is 1. The molecule has 1 saturated carbocycles. The lowest BCUT2D eigenvalue weighted by molar-refractivity contribution is -0.193. The maximum Gasteiger partial charge on any atom is 0.305 e. The van der Waals surface area contributed by atoms with Crippen molar-refractivity contribution in [2.24, 2.45) is 11.8 Å². The van der Waals surface area contributed by atoms with E-state index < -0.39 is 18.4 Å². The molecule has 1 aliphatic carbocycles. The second kappa shape index (κ2) is 18.2. The van der Waals surface area contributed by atoms with Gasteiger partial charge in [-0.1, -0.05) is 44.1 Å². The maximum atomic E-state index is 15.4. The largest absolute Gasteiger partial charge is 0.469 e. The monoisotopic (exact) mass is 554 g/mol. The number of hydrogen-bond donors (Lipinski definition) is 1. The highest BCUT2D eigenvalue weighted by Crippen LogP contribution is 2.40. The molecule has 1 N–H and O–H groups in total. The lowest BCUT2D eigenvalue weighted by atomic mass is 9.89. The second-order valence-corrected chi connectivity index (χ2v) is 11.1. The van der Waals surface area contributed by atoms with Crippen LogP contribution in [-0.2, 0) is 28.5 Å². The number of aliphatic hydroxyl groups excluding tert-OH is 1. The van der Waals surface area contributed by atoms with Crippen LogP contribution in [0.25, 0.3) is 0 Å². The Morgan fingerprint density at radius 1 is 1.08 bits per heavy atom. The standard InChI is InChI=1S/C31H51FO7/c1-3-4-14-25(32)27(38-30-16-9-11-20-36-30)19-18-24-23(13-7-5-6-8-15-29(34)35-2)26(33)22-28(24)39-31-17-10-12-21-37-31/h5,7,18-19,23-28,30-31,33H,3-4,6,8-17,20-22H2,1-2H3/b7-5-,19-18+/t23-,24-,25?,26+,27-,28-,30?,31?/m1/s1. The van der Waals surface area contributed by atoms with E-state index in [1.807, 2.05) is 12.2 Å². The van der Waals surface area contributed by atoms with E-state index in [0.717, 1.165) is 64.2 Å². The molecule has 8 heteroatoms. The number of halogens is 1. The minimum atomic E-state index is -1.12. The Hall–Kier alpha value is -1.32. The first-order valence-electron chi connectivity index (χ1n) is 15.3. The fraction of sp³-hybridized carbons (Fsp3) is 0.839. The third-order valence-corrected chi connectivity index (χ3v) is 8.07. The van der Waals surface area contributed by atoms with E-state index in [1.54, 1.807) is 0 Å². The van der Waals surface area contributed by atoms with Gasteiger partial charge in [0, 0.05) is 32.0 Å². The summed E-state index contributed by atoms with van der Waals surface area (Å²) in [4.78, 5) is 11.3. The lowest BCUT2D eigenvalue weighted by Gasteiger charge is -2.30. The summed E-state index contributed by atoms with van der Waals surface area (Å²) in [5.41, 5.74) is 0. The van der Waals surface area contributed by atoms with Crippen molar-refractivity contribution in [1.82, 2.24) is 0 Å². The quantitative estimate of drug-likeness (QED) is 0.139. The molecule has 0 aromatic rings. The lowest BCUT2D eigenvalue weighted by Crippen LogP contribution is -2.33. The number of esters is 1. The van der Waals surface area contributed by atoms with Gasteiger partial charge in [-0.2, -0.15) is 0 Å². The van der Waals surface area contributed by atoms with Gasteiger partial charge in [0.15, 0.2) is 12.6 Å².